The molecule has 0 spiro atoms. The summed E-state index contributed by atoms with van der Waals surface area (Å²) in [6.45, 7) is 0.678. The third-order valence-electron chi connectivity index (χ3n) is 2.41. The van der Waals surface area contributed by atoms with E-state index in [1.54, 1.807) is 18.2 Å². The Balaban J connectivity index is 2.31. The number of halogens is 1. The largest absolute Gasteiger partial charge is 0.391 e. The number of hydrogen-bond donors (Lipinski definition) is 2. The van der Waals surface area contributed by atoms with Gasteiger partial charge >= 0.3 is 0 Å². The fourth-order valence-electron chi connectivity index (χ4n) is 1.48. The minimum absolute atomic E-state index is 0.204. The lowest BCUT2D eigenvalue weighted by molar-refractivity contribution is -0.116. The van der Waals surface area contributed by atoms with Crippen LogP contribution >= 0.6 is 11.6 Å². The Morgan fingerprint density at radius 3 is 3.05 bits per heavy atom. The lowest BCUT2D eigenvalue weighted by Crippen LogP contribution is -2.27. The van der Waals surface area contributed by atoms with Crippen molar-refractivity contribution in [1.29, 1.82) is 0 Å². The number of hydrogen-bond acceptors (Lipinski definition) is 3. The Labute approximate surface area is 118 Å². The third-order valence-corrected chi connectivity index (χ3v) is 2.65. The summed E-state index contributed by atoms with van der Waals surface area (Å²) < 4.78 is 4.79. The SMILES string of the molecule is COCC(O)CCNC(=O)/C=C/c1cccc(Cl)c1. The van der Waals surface area contributed by atoms with Gasteiger partial charge in [-0.2, -0.15) is 0 Å². The second-order valence-electron chi connectivity index (χ2n) is 4.08. The van der Waals surface area contributed by atoms with Crippen molar-refractivity contribution in [2.24, 2.45) is 0 Å². The second kappa shape index (κ2) is 8.69. The lowest BCUT2D eigenvalue weighted by atomic mass is 10.2. The van der Waals surface area contributed by atoms with Gasteiger partial charge in [0.1, 0.15) is 0 Å². The first-order valence-corrected chi connectivity index (χ1v) is 6.38. The van der Waals surface area contributed by atoms with E-state index in [0.717, 1.165) is 5.56 Å². The summed E-state index contributed by atoms with van der Waals surface area (Å²) in [4.78, 5) is 11.5. The molecule has 1 rings (SSSR count). The van der Waals surface area contributed by atoms with Gasteiger partial charge in [0.25, 0.3) is 0 Å². The molecule has 0 saturated carbocycles. The highest BCUT2D eigenvalue weighted by Gasteiger charge is 2.03. The average Bonchev–Trinajstić information content (AvgIpc) is 2.37. The van der Waals surface area contributed by atoms with Crippen LogP contribution in [0.4, 0.5) is 0 Å². The Kier molecular flexibility index (Phi) is 7.18. The van der Waals surface area contributed by atoms with E-state index >= 15 is 0 Å². The van der Waals surface area contributed by atoms with Gasteiger partial charge in [0.15, 0.2) is 0 Å². The molecule has 2 N–H and O–H groups in total. The van der Waals surface area contributed by atoms with E-state index in [9.17, 15) is 9.90 Å². The molecule has 0 saturated heterocycles. The molecule has 0 aliphatic carbocycles. The van der Waals surface area contributed by atoms with Crippen LogP contribution in [0.2, 0.25) is 5.02 Å². The molecule has 1 aromatic rings. The van der Waals surface area contributed by atoms with Crippen LogP contribution < -0.4 is 5.32 Å². The normalized spacial score (nSPS) is 12.6. The Bertz CT molecular complexity index is 434. The number of nitrogens with one attached hydrogen (secondary N) is 1. The first-order valence-electron chi connectivity index (χ1n) is 6.00. The van der Waals surface area contributed by atoms with E-state index in [2.05, 4.69) is 5.32 Å². The first-order chi connectivity index (χ1) is 9.11. The highest BCUT2D eigenvalue weighted by atomic mass is 35.5. The number of carbonyl (C=O) groups excluding carboxylic acids is 1. The van der Waals surface area contributed by atoms with E-state index in [0.29, 0.717) is 18.0 Å². The van der Waals surface area contributed by atoms with Crippen LogP contribution in [-0.4, -0.2) is 37.4 Å². The van der Waals surface area contributed by atoms with Crippen LogP contribution in [0.3, 0.4) is 0 Å². The first kappa shape index (κ1) is 15.7. The topological polar surface area (TPSA) is 58.6 Å². The lowest BCUT2D eigenvalue weighted by Gasteiger charge is -2.08. The van der Waals surface area contributed by atoms with E-state index in [1.807, 2.05) is 12.1 Å². The minimum Gasteiger partial charge on any atom is -0.391 e. The molecule has 1 aromatic carbocycles. The Hall–Kier alpha value is -1.36. The maximum absolute atomic E-state index is 11.5. The molecule has 0 radical (unpaired) electrons. The third kappa shape index (κ3) is 6.96. The van der Waals surface area contributed by atoms with E-state index < -0.39 is 6.10 Å². The molecule has 0 fully saturated rings. The Morgan fingerprint density at radius 2 is 2.37 bits per heavy atom. The number of ether oxygens (including phenoxy) is 1. The van der Waals surface area contributed by atoms with Gasteiger partial charge in [-0.1, -0.05) is 23.7 Å². The van der Waals surface area contributed by atoms with Gasteiger partial charge in [0.05, 0.1) is 12.7 Å². The van der Waals surface area contributed by atoms with Gasteiger partial charge in [-0.15, -0.1) is 0 Å². The van der Waals surface area contributed by atoms with Crippen molar-refractivity contribution < 1.29 is 14.6 Å². The van der Waals surface area contributed by atoms with Crippen molar-refractivity contribution in [3.05, 3.63) is 40.9 Å². The van der Waals surface area contributed by atoms with Crippen molar-refractivity contribution in [1.82, 2.24) is 5.32 Å². The zero-order valence-corrected chi connectivity index (χ0v) is 11.6. The van der Waals surface area contributed by atoms with Gasteiger partial charge < -0.3 is 15.2 Å². The molecule has 19 heavy (non-hydrogen) atoms. The van der Waals surface area contributed by atoms with Crippen molar-refractivity contribution in [3.63, 3.8) is 0 Å². The number of benzene rings is 1. The molecular formula is C14H18ClNO3. The molecule has 1 amide bonds. The predicted molar refractivity (Wildman–Crippen MR) is 76.0 cm³/mol. The summed E-state index contributed by atoms with van der Waals surface area (Å²) in [6, 6.07) is 7.23. The van der Waals surface area contributed by atoms with E-state index in [-0.39, 0.29) is 12.5 Å². The second-order valence-corrected chi connectivity index (χ2v) is 4.51. The summed E-state index contributed by atoms with van der Waals surface area (Å²) in [5, 5.41) is 12.7. The molecule has 1 unspecified atom stereocenters. The molecule has 0 aliphatic rings. The minimum atomic E-state index is -0.554. The van der Waals surface area contributed by atoms with Crippen LogP contribution in [0.25, 0.3) is 6.08 Å². The number of aliphatic hydroxyl groups excluding tert-OH is 1. The van der Waals surface area contributed by atoms with Gasteiger partial charge in [-0.3, -0.25) is 4.79 Å². The zero-order chi connectivity index (χ0) is 14.1. The monoisotopic (exact) mass is 283 g/mol. The summed E-state index contributed by atoms with van der Waals surface area (Å²) in [5.41, 5.74) is 0.863. The van der Waals surface area contributed by atoms with Gasteiger partial charge in [0, 0.05) is 24.8 Å². The predicted octanol–water partition coefficient (Wildman–Crippen LogP) is 1.87. The van der Waals surface area contributed by atoms with Crippen LogP contribution in [0.5, 0.6) is 0 Å². The fraction of sp³-hybridized carbons (Fsp3) is 0.357. The highest BCUT2D eigenvalue weighted by Crippen LogP contribution is 2.11. The van der Waals surface area contributed by atoms with Crippen LogP contribution in [-0.2, 0) is 9.53 Å². The molecule has 0 aliphatic heterocycles. The van der Waals surface area contributed by atoms with Gasteiger partial charge in [0.2, 0.25) is 5.91 Å². The number of methoxy groups -OCH3 is 1. The van der Waals surface area contributed by atoms with E-state index in [4.69, 9.17) is 16.3 Å². The smallest absolute Gasteiger partial charge is 0.244 e. The molecular weight excluding hydrogens is 266 g/mol. The average molecular weight is 284 g/mol. The number of rotatable bonds is 7. The molecule has 104 valence electrons. The molecule has 1 atom stereocenters. The van der Waals surface area contributed by atoms with Crippen LogP contribution in [0.1, 0.15) is 12.0 Å². The molecule has 0 bridgehead atoms. The maximum atomic E-state index is 11.5. The molecule has 0 heterocycles. The summed E-state index contributed by atoms with van der Waals surface area (Å²) >= 11 is 5.83. The summed E-state index contributed by atoms with van der Waals surface area (Å²) in [5.74, 6) is -0.204. The molecule has 5 heteroatoms. The number of carbonyl (C=O) groups is 1. The van der Waals surface area contributed by atoms with Crippen molar-refractivity contribution in [2.45, 2.75) is 12.5 Å². The maximum Gasteiger partial charge on any atom is 0.244 e. The van der Waals surface area contributed by atoms with Crippen molar-refractivity contribution >= 4 is 23.6 Å². The van der Waals surface area contributed by atoms with Crippen molar-refractivity contribution in [2.75, 3.05) is 20.3 Å². The zero-order valence-electron chi connectivity index (χ0n) is 10.8. The number of aliphatic hydroxyl groups is 1. The standard InChI is InChI=1S/C14H18ClNO3/c1-19-10-13(17)7-8-16-14(18)6-5-11-3-2-4-12(15)9-11/h2-6,9,13,17H,7-8,10H2,1H3,(H,16,18)/b6-5+. The van der Waals surface area contributed by atoms with Gasteiger partial charge in [-0.05, 0) is 30.2 Å². The Morgan fingerprint density at radius 1 is 1.58 bits per heavy atom. The quantitative estimate of drug-likeness (QED) is 0.751. The van der Waals surface area contributed by atoms with Crippen LogP contribution in [0, 0.1) is 0 Å². The van der Waals surface area contributed by atoms with Crippen LogP contribution in [0.15, 0.2) is 30.3 Å². The van der Waals surface area contributed by atoms with Crippen molar-refractivity contribution in [3.8, 4) is 0 Å². The van der Waals surface area contributed by atoms with E-state index in [1.165, 1.54) is 13.2 Å². The molecule has 4 nitrogen and oxygen atoms in total. The van der Waals surface area contributed by atoms with Gasteiger partial charge in [-0.25, -0.2) is 0 Å². The number of amides is 1. The fourth-order valence-corrected chi connectivity index (χ4v) is 1.68. The highest BCUT2D eigenvalue weighted by molar-refractivity contribution is 6.30. The summed E-state index contributed by atoms with van der Waals surface area (Å²) in [7, 11) is 1.52. The molecule has 0 aromatic heterocycles. The summed E-state index contributed by atoms with van der Waals surface area (Å²) in [6.07, 6.45) is 3.04.